The summed E-state index contributed by atoms with van der Waals surface area (Å²) in [5.74, 6) is -1.16. The number of amides is 1. The molecule has 2 atom stereocenters. The van der Waals surface area contributed by atoms with Crippen LogP contribution in [-0.4, -0.2) is 37.0 Å². The molecule has 1 aliphatic heterocycles. The normalized spacial score (nSPS) is 24.8. The van der Waals surface area contributed by atoms with E-state index in [-0.39, 0.29) is 12.3 Å². The molecule has 1 saturated heterocycles. The Labute approximate surface area is 158 Å². The van der Waals surface area contributed by atoms with Crippen LogP contribution in [0.15, 0.2) is 42.5 Å². The van der Waals surface area contributed by atoms with Crippen LogP contribution >= 0.6 is 0 Å². The quantitative estimate of drug-likeness (QED) is 0.816. The minimum absolute atomic E-state index is 0.123. The maximum atomic E-state index is 15.1. The van der Waals surface area contributed by atoms with Crippen molar-refractivity contribution in [3.8, 4) is 0 Å². The van der Waals surface area contributed by atoms with Crippen LogP contribution in [0.25, 0.3) is 0 Å². The van der Waals surface area contributed by atoms with E-state index < -0.39 is 17.4 Å². The van der Waals surface area contributed by atoms with E-state index >= 15 is 4.39 Å². The topological polar surface area (TPSA) is 23.6 Å². The summed E-state index contributed by atoms with van der Waals surface area (Å²) in [4.78, 5) is 16.8. The fourth-order valence-corrected chi connectivity index (χ4v) is 4.02. The number of piperazine rings is 1. The predicted octanol–water partition coefficient (Wildman–Crippen LogP) is 3.98. The highest BCUT2D eigenvalue weighted by Crippen LogP contribution is 2.56. The third kappa shape index (κ3) is 3.31. The van der Waals surface area contributed by atoms with Crippen molar-refractivity contribution in [1.82, 2.24) is 4.90 Å². The number of halogens is 2. The minimum Gasteiger partial charge on any atom is -0.368 e. The zero-order valence-electron chi connectivity index (χ0n) is 15.7. The van der Waals surface area contributed by atoms with Gasteiger partial charge in [-0.25, -0.2) is 8.78 Å². The number of aryl methyl sites for hydroxylation is 2. The van der Waals surface area contributed by atoms with Gasteiger partial charge in [-0.15, -0.1) is 0 Å². The van der Waals surface area contributed by atoms with Gasteiger partial charge < -0.3 is 9.80 Å². The van der Waals surface area contributed by atoms with Crippen LogP contribution in [-0.2, 0) is 10.5 Å². The first kappa shape index (κ1) is 18.0. The molecule has 3 nitrogen and oxygen atoms in total. The smallest absolute Gasteiger partial charge is 0.229 e. The fraction of sp³-hybridized carbons (Fsp3) is 0.409. The number of carbonyl (C=O) groups is 1. The molecule has 0 aromatic heterocycles. The maximum absolute atomic E-state index is 15.1. The molecule has 0 bridgehead atoms. The Morgan fingerprint density at radius 1 is 1.04 bits per heavy atom. The van der Waals surface area contributed by atoms with Crippen molar-refractivity contribution in [2.75, 3.05) is 31.1 Å². The van der Waals surface area contributed by atoms with Gasteiger partial charge in [0.25, 0.3) is 0 Å². The zero-order valence-corrected chi connectivity index (χ0v) is 15.7. The molecule has 1 aliphatic carbocycles. The number of hydrogen-bond acceptors (Lipinski definition) is 2. The first-order valence-electron chi connectivity index (χ1n) is 9.44. The molecule has 2 fully saturated rings. The Hall–Kier alpha value is -2.43. The van der Waals surface area contributed by atoms with Crippen LogP contribution in [0.4, 0.5) is 14.5 Å². The second kappa shape index (κ2) is 6.63. The van der Waals surface area contributed by atoms with E-state index in [2.05, 4.69) is 36.9 Å². The molecule has 2 aliphatic rings. The van der Waals surface area contributed by atoms with Gasteiger partial charge in [-0.3, -0.25) is 4.79 Å². The van der Waals surface area contributed by atoms with E-state index in [1.54, 1.807) is 4.90 Å². The lowest BCUT2D eigenvalue weighted by molar-refractivity contribution is -0.134. The summed E-state index contributed by atoms with van der Waals surface area (Å²) < 4.78 is 28.2. The Morgan fingerprint density at radius 2 is 1.70 bits per heavy atom. The lowest BCUT2D eigenvalue weighted by Gasteiger charge is -2.37. The summed E-state index contributed by atoms with van der Waals surface area (Å²) in [7, 11) is 0. The monoisotopic (exact) mass is 370 g/mol. The van der Waals surface area contributed by atoms with Gasteiger partial charge >= 0.3 is 0 Å². The van der Waals surface area contributed by atoms with Gasteiger partial charge in [0, 0.05) is 38.3 Å². The molecule has 27 heavy (non-hydrogen) atoms. The Kier molecular flexibility index (Phi) is 4.41. The number of hydrogen-bond donors (Lipinski definition) is 0. The van der Waals surface area contributed by atoms with Gasteiger partial charge in [-0.05, 0) is 48.7 Å². The molecule has 5 heteroatoms. The van der Waals surface area contributed by atoms with Crippen molar-refractivity contribution < 1.29 is 13.6 Å². The molecule has 2 aromatic rings. The fourth-order valence-electron chi connectivity index (χ4n) is 4.02. The maximum Gasteiger partial charge on any atom is 0.229 e. The number of anilines is 1. The van der Waals surface area contributed by atoms with Crippen LogP contribution in [0.2, 0.25) is 0 Å². The second-order valence-corrected chi connectivity index (χ2v) is 7.73. The molecule has 142 valence electrons. The van der Waals surface area contributed by atoms with Crippen LogP contribution in [0.3, 0.4) is 0 Å². The average molecular weight is 370 g/mol. The number of alkyl halides is 1. The van der Waals surface area contributed by atoms with Crippen molar-refractivity contribution in [2.24, 2.45) is 5.92 Å². The Balaban J connectivity index is 1.39. The molecule has 0 N–H and O–H groups in total. The van der Waals surface area contributed by atoms with Crippen LogP contribution in [0, 0.1) is 25.6 Å². The summed E-state index contributed by atoms with van der Waals surface area (Å²) >= 11 is 0. The van der Waals surface area contributed by atoms with Crippen LogP contribution in [0.5, 0.6) is 0 Å². The SMILES string of the molecule is Cc1ccc(C)c(N2CCN(C(=O)[C@@H]3C[C@@]3(F)c3ccc(F)cc3)CC2)c1. The van der Waals surface area contributed by atoms with Gasteiger partial charge in [-0.1, -0.05) is 24.3 Å². The summed E-state index contributed by atoms with van der Waals surface area (Å²) in [5.41, 5.74) is 2.40. The average Bonchev–Trinajstić information content (AvgIpc) is 3.36. The highest BCUT2D eigenvalue weighted by atomic mass is 19.1. The van der Waals surface area contributed by atoms with Gasteiger partial charge in [0.05, 0.1) is 5.92 Å². The number of carbonyl (C=O) groups excluding carboxylic acids is 1. The molecule has 1 amide bonds. The zero-order chi connectivity index (χ0) is 19.2. The third-order valence-corrected chi connectivity index (χ3v) is 5.81. The Bertz CT molecular complexity index is 859. The molecule has 4 rings (SSSR count). The van der Waals surface area contributed by atoms with Gasteiger partial charge in [0.2, 0.25) is 5.91 Å². The summed E-state index contributed by atoms with van der Waals surface area (Å²) in [6.45, 7) is 6.87. The lowest BCUT2D eigenvalue weighted by Crippen LogP contribution is -2.49. The van der Waals surface area contributed by atoms with E-state index in [0.29, 0.717) is 18.7 Å². The molecule has 0 unspecified atom stereocenters. The summed E-state index contributed by atoms with van der Waals surface area (Å²) in [6.07, 6.45) is 0.189. The molecule has 2 aromatic carbocycles. The van der Waals surface area contributed by atoms with Crippen molar-refractivity contribution in [2.45, 2.75) is 25.9 Å². The Morgan fingerprint density at radius 3 is 2.37 bits per heavy atom. The summed E-state index contributed by atoms with van der Waals surface area (Å²) in [6, 6.07) is 11.8. The molecule has 0 spiro atoms. The first-order valence-corrected chi connectivity index (χ1v) is 9.44. The van der Waals surface area contributed by atoms with E-state index in [4.69, 9.17) is 0 Å². The van der Waals surface area contributed by atoms with Crippen LogP contribution < -0.4 is 4.90 Å². The number of rotatable bonds is 3. The van der Waals surface area contributed by atoms with E-state index in [1.165, 1.54) is 41.1 Å². The van der Waals surface area contributed by atoms with E-state index in [9.17, 15) is 9.18 Å². The van der Waals surface area contributed by atoms with Crippen molar-refractivity contribution in [1.29, 1.82) is 0 Å². The number of nitrogens with zero attached hydrogens (tertiary/aromatic N) is 2. The standard InChI is InChI=1S/C22H24F2N2O/c1-15-3-4-16(2)20(13-15)25-9-11-26(12-10-25)21(27)19-14-22(19,24)17-5-7-18(23)8-6-17/h3-8,13,19H,9-12,14H2,1-2H3/t19-,22+/m0/s1. The van der Waals surface area contributed by atoms with Gasteiger partial charge in [0.1, 0.15) is 11.5 Å². The third-order valence-electron chi connectivity index (χ3n) is 5.81. The highest BCUT2D eigenvalue weighted by molar-refractivity contribution is 5.84. The summed E-state index contributed by atoms with van der Waals surface area (Å²) in [5, 5.41) is 0. The number of benzene rings is 2. The van der Waals surface area contributed by atoms with Crippen molar-refractivity contribution in [3.63, 3.8) is 0 Å². The molecule has 1 saturated carbocycles. The molecular formula is C22H24F2N2O. The van der Waals surface area contributed by atoms with Gasteiger partial charge in [0.15, 0.2) is 0 Å². The first-order chi connectivity index (χ1) is 12.9. The minimum atomic E-state index is -1.64. The molecular weight excluding hydrogens is 346 g/mol. The van der Waals surface area contributed by atoms with Crippen molar-refractivity contribution >= 4 is 11.6 Å². The highest BCUT2D eigenvalue weighted by Gasteiger charge is 2.61. The molecule has 1 heterocycles. The van der Waals surface area contributed by atoms with Crippen molar-refractivity contribution in [3.05, 3.63) is 65.0 Å². The molecule has 0 radical (unpaired) electrons. The van der Waals surface area contributed by atoms with E-state index in [1.807, 2.05) is 0 Å². The predicted molar refractivity (Wildman–Crippen MR) is 102 cm³/mol. The van der Waals surface area contributed by atoms with Gasteiger partial charge in [-0.2, -0.15) is 0 Å². The largest absolute Gasteiger partial charge is 0.368 e. The van der Waals surface area contributed by atoms with Crippen LogP contribution in [0.1, 0.15) is 23.1 Å². The van der Waals surface area contributed by atoms with E-state index in [0.717, 1.165) is 13.1 Å². The lowest BCUT2D eigenvalue weighted by atomic mass is 10.1. The second-order valence-electron chi connectivity index (χ2n) is 7.73.